The molecule has 0 aliphatic heterocycles. The second-order valence-corrected chi connectivity index (χ2v) is 14.6. The number of unbranched alkanes of at least 4 members (excludes halogenated alkanes) is 16. The summed E-state index contributed by atoms with van der Waals surface area (Å²) in [6, 6.07) is 0. The number of nitrogens with two attached hydrogens (primary N) is 1. The van der Waals surface area contributed by atoms with E-state index in [-0.39, 0.29) is 32.6 Å². The second-order valence-electron chi connectivity index (χ2n) is 13.1. The number of hydrogen-bond acceptors (Lipinski definition) is 8. The van der Waals surface area contributed by atoms with Crippen molar-refractivity contribution < 1.29 is 37.6 Å². The number of ether oxygens (including phenoxy) is 2. The third kappa shape index (κ3) is 37.5. The molecule has 0 amide bonds. The molecule has 9 nitrogen and oxygen atoms in total. The van der Waals surface area contributed by atoms with Gasteiger partial charge in [-0.2, -0.15) is 0 Å². The van der Waals surface area contributed by atoms with Gasteiger partial charge in [0.15, 0.2) is 6.10 Å². The van der Waals surface area contributed by atoms with Gasteiger partial charge in [-0.1, -0.05) is 133 Å². The number of allylic oxidation sites excluding steroid dienone is 8. The van der Waals surface area contributed by atoms with Crippen LogP contribution < -0.4 is 5.73 Å². The number of hydrogen-bond donors (Lipinski definition) is 2. The molecule has 0 saturated carbocycles. The van der Waals surface area contributed by atoms with E-state index >= 15 is 0 Å². The SMILES string of the molecule is CCCCCC/C=C/CCCCCCCC(=O)OC[C@H](COP(=O)(O)OCCN)OC(=O)CCC/C=C/C/C=C/C/C=C/CCCCCCCC. The molecule has 0 bridgehead atoms. The molecule has 1 unspecified atom stereocenters. The largest absolute Gasteiger partial charge is 0.472 e. The summed E-state index contributed by atoms with van der Waals surface area (Å²) in [4.78, 5) is 34.7. The van der Waals surface area contributed by atoms with Crippen LogP contribution in [0.2, 0.25) is 0 Å². The number of esters is 2. The second kappa shape index (κ2) is 37.7. The van der Waals surface area contributed by atoms with Gasteiger partial charge in [0.1, 0.15) is 6.61 Å². The van der Waals surface area contributed by atoms with Crippen molar-refractivity contribution >= 4 is 19.8 Å². The van der Waals surface area contributed by atoms with Crippen molar-refractivity contribution in [3.8, 4) is 0 Å². The molecule has 0 saturated heterocycles. The Labute approximate surface area is 311 Å². The third-order valence-corrected chi connectivity index (χ3v) is 9.17. The molecule has 0 rings (SSSR count). The highest BCUT2D eigenvalue weighted by Crippen LogP contribution is 2.43. The molecule has 0 aromatic carbocycles. The Balaban J connectivity index is 4.31. The first-order chi connectivity index (χ1) is 24.8. The van der Waals surface area contributed by atoms with Gasteiger partial charge in [-0.25, -0.2) is 4.57 Å². The zero-order chi connectivity index (χ0) is 37.5. The number of rotatable bonds is 37. The first-order valence-corrected chi connectivity index (χ1v) is 21.6. The van der Waals surface area contributed by atoms with Crippen molar-refractivity contribution in [2.45, 2.75) is 174 Å². The molecule has 0 spiro atoms. The molecule has 0 aliphatic rings. The van der Waals surface area contributed by atoms with Crippen LogP contribution in [0.5, 0.6) is 0 Å². The van der Waals surface area contributed by atoms with Gasteiger partial charge in [0, 0.05) is 19.4 Å². The number of carbonyl (C=O) groups is 2. The molecule has 0 heterocycles. The highest BCUT2D eigenvalue weighted by atomic mass is 31.2. The topological polar surface area (TPSA) is 134 Å². The molecule has 296 valence electrons. The lowest BCUT2D eigenvalue weighted by Crippen LogP contribution is -2.29. The summed E-state index contributed by atoms with van der Waals surface area (Å²) in [5.41, 5.74) is 5.33. The van der Waals surface area contributed by atoms with E-state index in [1.807, 2.05) is 6.08 Å². The van der Waals surface area contributed by atoms with Crippen LogP contribution in [-0.2, 0) is 32.7 Å². The van der Waals surface area contributed by atoms with Crippen molar-refractivity contribution in [2.24, 2.45) is 5.73 Å². The number of carbonyl (C=O) groups excluding carboxylic acids is 2. The van der Waals surface area contributed by atoms with Gasteiger partial charge in [0.2, 0.25) is 0 Å². The maximum Gasteiger partial charge on any atom is 0.472 e. The fraction of sp³-hybridized carbons (Fsp3) is 0.756. The van der Waals surface area contributed by atoms with Crippen molar-refractivity contribution in [2.75, 3.05) is 26.4 Å². The smallest absolute Gasteiger partial charge is 0.462 e. The molecule has 51 heavy (non-hydrogen) atoms. The lowest BCUT2D eigenvalue weighted by molar-refractivity contribution is -0.161. The average Bonchev–Trinajstić information content (AvgIpc) is 3.11. The molecular weight excluding hydrogens is 665 g/mol. The van der Waals surface area contributed by atoms with E-state index in [4.69, 9.17) is 24.3 Å². The molecular formula is C41H74NO8P. The van der Waals surface area contributed by atoms with Crippen LogP contribution in [0.25, 0.3) is 0 Å². The summed E-state index contributed by atoms with van der Waals surface area (Å²) in [6.07, 6.45) is 41.5. The van der Waals surface area contributed by atoms with Gasteiger partial charge in [-0.3, -0.25) is 18.6 Å². The van der Waals surface area contributed by atoms with E-state index in [1.165, 1.54) is 70.6 Å². The zero-order valence-electron chi connectivity index (χ0n) is 32.3. The van der Waals surface area contributed by atoms with Gasteiger partial charge in [0.25, 0.3) is 0 Å². The van der Waals surface area contributed by atoms with Gasteiger partial charge in [0.05, 0.1) is 13.2 Å². The van der Waals surface area contributed by atoms with Crippen LogP contribution in [0.4, 0.5) is 0 Å². The summed E-state index contributed by atoms with van der Waals surface area (Å²) in [5.74, 6) is -0.903. The molecule has 0 fully saturated rings. The van der Waals surface area contributed by atoms with Crippen LogP contribution in [0.15, 0.2) is 48.6 Å². The predicted molar refractivity (Wildman–Crippen MR) is 210 cm³/mol. The van der Waals surface area contributed by atoms with Gasteiger partial charge in [-0.05, 0) is 70.6 Å². The highest BCUT2D eigenvalue weighted by molar-refractivity contribution is 7.47. The van der Waals surface area contributed by atoms with Crippen LogP contribution in [0.3, 0.4) is 0 Å². The zero-order valence-corrected chi connectivity index (χ0v) is 33.2. The summed E-state index contributed by atoms with van der Waals surface area (Å²) in [5, 5.41) is 0. The van der Waals surface area contributed by atoms with Crippen LogP contribution in [0.1, 0.15) is 168 Å². The predicted octanol–water partition coefficient (Wildman–Crippen LogP) is 11.2. The van der Waals surface area contributed by atoms with Crippen molar-refractivity contribution in [3.63, 3.8) is 0 Å². The van der Waals surface area contributed by atoms with Gasteiger partial charge >= 0.3 is 19.8 Å². The van der Waals surface area contributed by atoms with Crippen LogP contribution in [0, 0.1) is 0 Å². The summed E-state index contributed by atoms with van der Waals surface area (Å²) in [6.45, 7) is 3.63. The Morgan fingerprint density at radius 3 is 1.61 bits per heavy atom. The molecule has 10 heteroatoms. The van der Waals surface area contributed by atoms with E-state index in [2.05, 4.69) is 56.4 Å². The molecule has 0 aromatic heterocycles. The van der Waals surface area contributed by atoms with E-state index < -0.39 is 32.5 Å². The minimum absolute atomic E-state index is 0.0433. The fourth-order valence-corrected chi connectivity index (χ4v) is 5.94. The maximum absolute atomic E-state index is 12.5. The summed E-state index contributed by atoms with van der Waals surface area (Å²) >= 11 is 0. The molecule has 2 atom stereocenters. The summed E-state index contributed by atoms with van der Waals surface area (Å²) in [7, 11) is -4.39. The quantitative estimate of drug-likeness (QED) is 0.0276. The Bertz CT molecular complexity index is 981. The Morgan fingerprint density at radius 1 is 0.588 bits per heavy atom. The monoisotopic (exact) mass is 740 g/mol. The van der Waals surface area contributed by atoms with E-state index in [0.29, 0.717) is 19.3 Å². The van der Waals surface area contributed by atoms with E-state index in [1.54, 1.807) is 0 Å². The van der Waals surface area contributed by atoms with Crippen molar-refractivity contribution in [1.82, 2.24) is 0 Å². The first-order valence-electron chi connectivity index (χ1n) is 20.1. The lowest BCUT2D eigenvalue weighted by atomic mass is 10.1. The number of phosphoric ester groups is 1. The maximum atomic E-state index is 12.5. The van der Waals surface area contributed by atoms with Crippen molar-refractivity contribution in [1.29, 1.82) is 0 Å². The third-order valence-electron chi connectivity index (χ3n) is 8.19. The molecule has 3 N–H and O–H groups in total. The van der Waals surface area contributed by atoms with Gasteiger partial charge in [-0.15, -0.1) is 0 Å². The van der Waals surface area contributed by atoms with Crippen LogP contribution >= 0.6 is 7.82 Å². The number of phosphoric acid groups is 1. The Morgan fingerprint density at radius 2 is 1.04 bits per heavy atom. The van der Waals surface area contributed by atoms with Crippen molar-refractivity contribution in [3.05, 3.63) is 48.6 Å². The van der Waals surface area contributed by atoms with Crippen LogP contribution in [-0.4, -0.2) is 49.3 Å². The highest BCUT2D eigenvalue weighted by Gasteiger charge is 2.25. The van der Waals surface area contributed by atoms with E-state index in [9.17, 15) is 19.0 Å². The Hall–Kier alpha value is -2.03. The first kappa shape index (κ1) is 49.0. The molecule has 0 radical (unpaired) electrons. The Kier molecular flexibility index (Phi) is 36.2. The fourth-order valence-electron chi connectivity index (χ4n) is 5.17. The van der Waals surface area contributed by atoms with E-state index in [0.717, 1.165) is 51.4 Å². The molecule has 0 aliphatic carbocycles. The average molecular weight is 740 g/mol. The minimum Gasteiger partial charge on any atom is -0.462 e. The normalized spacial score (nSPS) is 13.9. The minimum atomic E-state index is -4.39. The summed E-state index contributed by atoms with van der Waals surface area (Å²) < 4.78 is 32.6. The van der Waals surface area contributed by atoms with Gasteiger partial charge < -0.3 is 20.1 Å². The molecule has 0 aromatic rings. The standard InChI is InChI=1S/C41H74NO8P/c1-3-5-7-9-11-13-15-17-18-19-20-22-24-26-28-30-32-34-41(44)50-39(38-49-51(45,46)48-36-35-42)37-47-40(43)33-31-29-27-25-23-21-16-14-12-10-8-6-4-2/h14,16-18,20,22,26,28,39H,3-13,15,19,21,23-25,27,29-38,42H2,1-2H3,(H,45,46)/b16-14+,18-17+,22-20+,28-26+/t39-/m1/s1. The lowest BCUT2D eigenvalue weighted by Gasteiger charge is -2.19.